The number of oxime groups is 1. The molecular formula is C8H13N5O. The first-order chi connectivity index (χ1) is 6.74. The molecule has 1 rings (SSSR count). The van der Waals surface area contributed by atoms with Gasteiger partial charge >= 0.3 is 0 Å². The van der Waals surface area contributed by atoms with E-state index in [1.807, 2.05) is 6.07 Å². The van der Waals surface area contributed by atoms with Crippen LogP contribution in [0.1, 0.15) is 12.6 Å². The monoisotopic (exact) mass is 195 g/mol. The smallest absolute Gasteiger partial charge is 0.156 e. The fraction of sp³-hybridized carbons (Fsp3) is 0.375. The Hall–Kier alpha value is -1.69. The van der Waals surface area contributed by atoms with Crippen molar-refractivity contribution in [2.24, 2.45) is 10.9 Å². The second-order valence-corrected chi connectivity index (χ2v) is 2.84. The van der Waals surface area contributed by atoms with E-state index in [1.165, 1.54) is 0 Å². The molecule has 14 heavy (non-hydrogen) atoms. The number of amidine groups is 1. The van der Waals surface area contributed by atoms with Crippen molar-refractivity contribution in [2.45, 2.75) is 19.5 Å². The molecule has 76 valence electrons. The Morgan fingerprint density at radius 2 is 2.57 bits per heavy atom. The van der Waals surface area contributed by atoms with Crippen LogP contribution in [0.3, 0.4) is 0 Å². The minimum atomic E-state index is -0.193. The van der Waals surface area contributed by atoms with Crippen molar-refractivity contribution in [3.63, 3.8) is 0 Å². The van der Waals surface area contributed by atoms with E-state index in [-0.39, 0.29) is 11.9 Å². The third kappa shape index (κ3) is 2.98. The van der Waals surface area contributed by atoms with Crippen LogP contribution in [0.25, 0.3) is 0 Å². The molecule has 0 radical (unpaired) electrons. The van der Waals surface area contributed by atoms with Crippen molar-refractivity contribution < 1.29 is 5.21 Å². The van der Waals surface area contributed by atoms with Gasteiger partial charge in [0.2, 0.25) is 0 Å². The molecule has 4 N–H and O–H groups in total. The van der Waals surface area contributed by atoms with Crippen LogP contribution < -0.4 is 11.1 Å². The minimum absolute atomic E-state index is 0.147. The number of hydrogen-bond acceptors (Lipinski definition) is 5. The van der Waals surface area contributed by atoms with Crippen LogP contribution in [0.5, 0.6) is 0 Å². The van der Waals surface area contributed by atoms with Gasteiger partial charge in [-0.1, -0.05) is 5.16 Å². The van der Waals surface area contributed by atoms with Gasteiger partial charge in [-0.3, -0.25) is 0 Å². The molecule has 1 aromatic rings. The van der Waals surface area contributed by atoms with Crippen LogP contribution in [0.2, 0.25) is 0 Å². The highest BCUT2D eigenvalue weighted by Gasteiger charge is 2.06. The van der Waals surface area contributed by atoms with Gasteiger partial charge < -0.3 is 16.3 Å². The van der Waals surface area contributed by atoms with Crippen LogP contribution in [0, 0.1) is 0 Å². The summed E-state index contributed by atoms with van der Waals surface area (Å²) in [4.78, 5) is 0. The first-order valence-electron chi connectivity index (χ1n) is 4.21. The fourth-order valence-electron chi connectivity index (χ4n) is 0.877. The molecule has 0 aliphatic rings. The maximum atomic E-state index is 8.40. The lowest BCUT2D eigenvalue weighted by atomic mass is 10.3. The van der Waals surface area contributed by atoms with E-state index in [0.717, 1.165) is 5.69 Å². The molecule has 1 atom stereocenters. The highest BCUT2D eigenvalue weighted by atomic mass is 16.4. The van der Waals surface area contributed by atoms with Crippen molar-refractivity contribution in [3.05, 3.63) is 24.0 Å². The van der Waals surface area contributed by atoms with Gasteiger partial charge in [0, 0.05) is 12.7 Å². The third-order valence-electron chi connectivity index (χ3n) is 1.78. The number of nitrogens with one attached hydrogen (secondary N) is 1. The molecule has 6 heteroatoms. The molecule has 1 aromatic heterocycles. The highest BCUT2D eigenvalue weighted by Crippen LogP contribution is 1.91. The normalized spacial score (nSPS) is 13.9. The van der Waals surface area contributed by atoms with E-state index in [1.54, 1.807) is 19.2 Å². The summed E-state index contributed by atoms with van der Waals surface area (Å²) in [6, 6.07) is 3.46. The van der Waals surface area contributed by atoms with Crippen molar-refractivity contribution in [3.8, 4) is 0 Å². The number of nitrogens with zero attached hydrogens (tertiary/aromatic N) is 3. The summed E-state index contributed by atoms with van der Waals surface area (Å²) < 4.78 is 0. The van der Waals surface area contributed by atoms with Gasteiger partial charge in [-0.25, -0.2) is 0 Å². The number of hydrogen-bond donors (Lipinski definition) is 3. The van der Waals surface area contributed by atoms with E-state index in [9.17, 15) is 0 Å². The summed E-state index contributed by atoms with van der Waals surface area (Å²) in [5, 5.41) is 21.9. The highest BCUT2D eigenvalue weighted by molar-refractivity contribution is 5.84. The molecule has 0 aliphatic heterocycles. The lowest BCUT2D eigenvalue weighted by molar-refractivity contribution is 0.315. The Balaban J connectivity index is 2.42. The summed E-state index contributed by atoms with van der Waals surface area (Å²) in [6.07, 6.45) is 1.61. The number of nitrogens with two attached hydrogens (primary N) is 1. The zero-order chi connectivity index (χ0) is 10.4. The van der Waals surface area contributed by atoms with Crippen molar-refractivity contribution in [2.75, 3.05) is 0 Å². The molecule has 0 saturated carbocycles. The van der Waals surface area contributed by atoms with Gasteiger partial charge in [-0.05, 0) is 19.1 Å². The van der Waals surface area contributed by atoms with Gasteiger partial charge in [0.05, 0.1) is 11.7 Å². The second kappa shape index (κ2) is 5.13. The predicted octanol–water partition coefficient (Wildman–Crippen LogP) is -0.299. The Morgan fingerprint density at radius 1 is 1.79 bits per heavy atom. The number of aromatic nitrogens is 2. The summed E-state index contributed by atoms with van der Waals surface area (Å²) in [5.41, 5.74) is 6.19. The third-order valence-corrected chi connectivity index (χ3v) is 1.78. The average Bonchev–Trinajstić information content (AvgIpc) is 2.26. The van der Waals surface area contributed by atoms with Crippen molar-refractivity contribution in [1.82, 2.24) is 15.5 Å². The van der Waals surface area contributed by atoms with Gasteiger partial charge in [0.25, 0.3) is 0 Å². The zero-order valence-electron chi connectivity index (χ0n) is 7.88. The number of rotatable bonds is 4. The van der Waals surface area contributed by atoms with Crippen LogP contribution in [-0.4, -0.2) is 27.3 Å². The SMILES string of the molecule is CC(NCc1cccnn1)/C(N)=N/O. The maximum Gasteiger partial charge on any atom is 0.156 e. The quantitative estimate of drug-likeness (QED) is 0.265. The summed E-state index contributed by atoms with van der Waals surface area (Å²) in [6.45, 7) is 2.33. The molecule has 6 nitrogen and oxygen atoms in total. The molecule has 0 fully saturated rings. The molecule has 1 heterocycles. The van der Waals surface area contributed by atoms with Crippen LogP contribution in [0.4, 0.5) is 0 Å². The van der Waals surface area contributed by atoms with Crippen LogP contribution in [0.15, 0.2) is 23.5 Å². The molecule has 1 unspecified atom stereocenters. The topological polar surface area (TPSA) is 96.4 Å². The van der Waals surface area contributed by atoms with E-state index in [2.05, 4.69) is 20.7 Å². The van der Waals surface area contributed by atoms with E-state index in [4.69, 9.17) is 10.9 Å². The van der Waals surface area contributed by atoms with E-state index >= 15 is 0 Å². The van der Waals surface area contributed by atoms with Crippen molar-refractivity contribution >= 4 is 5.84 Å². The van der Waals surface area contributed by atoms with Gasteiger partial charge in [0.15, 0.2) is 5.84 Å². The summed E-state index contributed by atoms with van der Waals surface area (Å²) in [5.74, 6) is 0.147. The largest absolute Gasteiger partial charge is 0.409 e. The first kappa shape index (κ1) is 10.4. The van der Waals surface area contributed by atoms with Crippen LogP contribution >= 0.6 is 0 Å². The lowest BCUT2D eigenvalue weighted by Crippen LogP contribution is -2.38. The minimum Gasteiger partial charge on any atom is -0.409 e. The molecule has 0 spiro atoms. The molecule has 0 bridgehead atoms. The average molecular weight is 195 g/mol. The van der Waals surface area contributed by atoms with Gasteiger partial charge in [-0.15, -0.1) is 0 Å². The maximum absolute atomic E-state index is 8.40. The summed E-state index contributed by atoms with van der Waals surface area (Å²) >= 11 is 0. The molecular weight excluding hydrogens is 182 g/mol. The van der Waals surface area contributed by atoms with Gasteiger partial charge in [-0.2, -0.15) is 10.2 Å². The Morgan fingerprint density at radius 3 is 3.14 bits per heavy atom. The Kier molecular flexibility index (Phi) is 3.81. The van der Waals surface area contributed by atoms with Crippen LogP contribution in [-0.2, 0) is 6.54 Å². The second-order valence-electron chi connectivity index (χ2n) is 2.84. The molecule has 0 aliphatic carbocycles. The Bertz CT molecular complexity index is 300. The molecule has 0 aromatic carbocycles. The standard InChI is InChI=1S/C8H13N5O/c1-6(8(9)13-14)10-5-7-3-2-4-11-12-7/h2-4,6,10,14H,5H2,1H3,(H2,9,13). The first-order valence-corrected chi connectivity index (χ1v) is 4.21. The van der Waals surface area contributed by atoms with E-state index in [0.29, 0.717) is 6.54 Å². The zero-order valence-corrected chi connectivity index (χ0v) is 7.88. The Labute approximate surface area is 81.8 Å². The van der Waals surface area contributed by atoms with Gasteiger partial charge in [0.1, 0.15) is 0 Å². The fourth-order valence-corrected chi connectivity index (χ4v) is 0.877. The van der Waals surface area contributed by atoms with Crippen molar-refractivity contribution in [1.29, 1.82) is 0 Å². The predicted molar refractivity (Wildman–Crippen MR) is 51.7 cm³/mol. The lowest BCUT2D eigenvalue weighted by Gasteiger charge is -2.10. The summed E-state index contributed by atoms with van der Waals surface area (Å²) in [7, 11) is 0. The van der Waals surface area contributed by atoms with E-state index < -0.39 is 0 Å². The molecule has 0 saturated heterocycles. The molecule has 0 amide bonds.